The lowest BCUT2D eigenvalue weighted by Crippen LogP contribution is -2.40. The Kier molecular flexibility index (Phi) is 2.89. The Morgan fingerprint density at radius 3 is 3.06 bits per heavy atom. The molecular formula is C13H14N2OS. The number of carbonyl (C=O) groups excluding carboxylic acids is 1. The first kappa shape index (κ1) is 10.8. The summed E-state index contributed by atoms with van der Waals surface area (Å²) in [7, 11) is 0. The molecule has 0 aromatic carbocycles. The van der Waals surface area contributed by atoms with Gasteiger partial charge >= 0.3 is 0 Å². The van der Waals surface area contributed by atoms with E-state index in [4.69, 9.17) is 0 Å². The SMILES string of the molecule is O=C1C2CC=CCC2C=NN1C1=CCSC=C1. The first-order chi connectivity index (χ1) is 8.36. The van der Waals surface area contributed by atoms with E-state index in [2.05, 4.69) is 23.3 Å². The van der Waals surface area contributed by atoms with Crippen molar-refractivity contribution in [2.24, 2.45) is 16.9 Å². The molecule has 0 aromatic rings. The fourth-order valence-electron chi connectivity index (χ4n) is 2.38. The van der Waals surface area contributed by atoms with Gasteiger partial charge in [0, 0.05) is 17.9 Å². The van der Waals surface area contributed by atoms with Gasteiger partial charge in [-0.1, -0.05) is 12.2 Å². The zero-order chi connectivity index (χ0) is 11.7. The second kappa shape index (κ2) is 4.53. The molecule has 4 heteroatoms. The number of allylic oxidation sites excluding steroid dienone is 3. The number of rotatable bonds is 1. The molecule has 2 unspecified atom stereocenters. The van der Waals surface area contributed by atoms with E-state index < -0.39 is 0 Å². The summed E-state index contributed by atoms with van der Waals surface area (Å²) in [6.45, 7) is 0. The van der Waals surface area contributed by atoms with Gasteiger partial charge in [0.25, 0.3) is 5.91 Å². The Labute approximate surface area is 105 Å². The zero-order valence-corrected chi connectivity index (χ0v) is 10.3. The molecule has 1 amide bonds. The Morgan fingerprint density at radius 1 is 1.35 bits per heavy atom. The number of hydrogen-bond acceptors (Lipinski definition) is 3. The predicted molar refractivity (Wildman–Crippen MR) is 70.4 cm³/mol. The highest BCUT2D eigenvalue weighted by atomic mass is 32.2. The molecule has 0 aromatic heterocycles. The van der Waals surface area contributed by atoms with Crippen LogP contribution in [-0.2, 0) is 4.79 Å². The van der Waals surface area contributed by atoms with Crippen LogP contribution in [0.1, 0.15) is 12.8 Å². The molecule has 0 fully saturated rings. The Balaban J connectivity index is 1.86. The van der Waals surface area contributed by atoms with Crippen LogP contribution in [0.25, 0.3) is 0 Å². The van der Waals surface area contributed by atoms with Gasteiger partial charge in [-0.3, -0.25) is 4.79 Å². The number of thioether (sulfide) groups is 1. The number of nitrogens with zero attached hydrogens (tertiary/aromatic N) is 2. The first-order valence-electron chi connectivity index (χ1n) is 5.87. The van der Waals surface area contributed by atoms with Crippen LogP contribution < -0.4 is 0 Å². The lowest BCUT2D eigenvalue weighted by Gasteiger charge is -2.33. The largest absolute Gasteiger partial charge is 0.272 e. The second-order valence-corrected chi connectivity index (χ2v) is 5.33. The van der Waals surface area contributed by atoms with Crippen LogP contribution in [0.2, 0.25) is 0 Å². The monoisotopic (exact) mass is 246 g/mol. The van der Waals surface area contributed by atoms with Gasteiger partial charge in [0.05, 0.1) is 11.6 Å². The summed E-state index contributed by atoms with van der Waals surface area (Å²) < 4.78 is 0. The molecule has 3 aliphatic rings. The van der Waals surface area contributed by atoms with Crippen LogP contribution in [0.4, 0.5) is 0 Å². The third-order valence-corrected chi connectivity index (χ3v) is 4.04. The van der Waals surface area contributed by atoms with Crippen molar-refractivity contribution < 1.29 is 4.79 Å². The van der Waals surface area contributed by atoms with Gasteiger partial charge in [0.15, 0.2) is 0 Å². The molecule has 0 N–H and O–H groups in total. The molecule has 2 heterocycles. The van der Waals surface area contributed by atoms with Crippen LogP contribution in [0.3, 0.4) is 0 Å². The molecule has 0 radical (unpaired) electrons. The Bertz CT molecular complexity index is 450. The van der Waals surface area contributed by atoms with Crippen molar-refractivity contribution in [1.82, 2.24) is 5.01 Å². The molecule has 0 bridgehead atoms. The van der Waals surface area contributed by atoms with Crippen LogP contribution in [-0.4, -0.2) is 22.9 Å². The zero-order valence-electron chi connectivity index (χ0n) is 9.45. The minimum absolute atomic E-state index is 0.0846. The van der Waals surface area contributed by atoms with Gasteiger partial charge in [0.1, 0.15) is 0 Å². The van der Waals surface area contributed by atoms with E-state index in [9.17, 15) is 4.79 Å². The Morgan fingerprint density at radius 2 is 2.24 bits per heavy atom. The van der Waals surface area contributed by atoms with E-state index in [-0.39, 0.29) is 11.8 Å². The second-order valence-electron chi connectivity index (χ2n) is 4.39. The molecule has 2 atom stereocenters. The molecule has 3 nitrogen and oxygen atoms in total. The number of amides is 1. The molecule has 17 heavy (non-hydrogen) atoms. The maximum Gasteiger partial charge on any atom is 0.251 e. The van der Waals surface area contributed by atoms with Gasteiger partial charge in [-0.25, -0.2) is 5.01 Å². The van der Waals surface area contributed by atoms with Gasteiger partial charge < -0.3 is 0 Å². The lowest BCUT2D eigenvalue weighted by molar-refractivity contribution is -0.135. The van der Waals surface area contributed by atoms with E-state index in [1.807, 2.05) is 17.7 Å². The average molecular weight is 246 g/mol. The predicted octanol–water partition coefficient (Wildman–Crippen LogP) is 2.54. The van der Waals surface area contributed by atoms with Gasteiger partial charge in [-0.2, -0.15) is 5.10 Å². The standard InChI is InChI=1S/C13H14N2OS/c16-13-12-4-2-1-3-10(12)9-14-15(13)11-5-7-17-8-6-11/h1-2,5-7,9-10,12H,3-4,8H2. The van der Waals surface area contributed by atoms with Crippen molar-refractivity contribution in [1.29, 1.82) is 0 Å². The fraction of sp³-hybridized carbons (Fsp3) is 0.385. The summed E-state index contributed by atoms with van der Waals surface area (Å²) in [6.07, 6.45) is 12.0. The summed E-state index contributed by atoms with van der Waals surface area (Å²) in [6, 6.07) is 0. The maximum absolute atomic E-state index is 12.4. The highest BCUT2D eigenvalue weighted by Gasteiger charge is 2.35. The third kappa shape index (κ3) is 1.97. The summed E-state index contributed by atoms with van der Waals surface area (Å²) in [5, 5.41) is 7.90. The topological polar surface area (TPSA) is 32.7 Å². The molecule has 3 rings (SSSR count). The van der Waals surface area contributed by atoms with Crippen molar-refractivity contribution in [2.75, 3.05) is 5.75 Å². The molecule has 0 saturated carbocycles. The highest BCUT2D eigenvalue weighted by Crippen LogP contribution is 2.31. The van der Waals surface area contributed by atoms with Crippen LogP contribution >= 0.6 is 11.8 Å². The quantitative estimate of drug-likeness (QED) is 0.666. The van der Waals surface area contributed by atoms with Crippen LogP contribution in [0, 0.1) is 11.8 Å². The van der Waals surface area contributed by atoms with Gasteiger partial charge in [-0.05, 0) is 30.4 Å². The fourth-order valence-corrected chi connectivity index (χ4v) is 2.99. The molecule has 0 spiro atoms. The summed E-state index contributed by atoms with van der Waals surface area (Å²) in [4.78, 5) is 12.4. The molecule has 0 saturated heterocycles. The van der Waals surface area contributed by atoms with Gasteiger partial charge in [0.2, 0.25) is 0 Å². The average Bonchev–Trinajstić information content (AvgIpc) is 2.40. The maximum atomic E-state index is 12.4. The van der Waals surface area contributed by atoms with E-state index >= 15 is 0 Å². The van der Waals surface area contributed by atoms with Crippen molar-refractivity contribution in [3.8, 4) is 0 Å². The van der Waals surface area contributed by atoms with E-state index in [1.165, 1.54) is 0 Å². The van der Waals surface area contributed by atoms with Crippen LogP contribution in [0.15, 0.2) is 40.5 Å². The van der Waals surface area contributed by atoms with E-state index in [0.717, 1.165) is 24.3 Å². The van der Waals surface area contributed by atoms with Crippen molar-refractivity contribution in [3.05, 3.63) is 35.4 Å². The summed E-state index contributed by atoms with van der Waals surface area (Å²) >= 11 is 1.73. The van der Waals surface area contributed by atoms with Crippen LogP contribution in [0.5, 0.6) is 0 Å². The molecule has 1 aliphatic carbocycles. The van der Waals surface area contributed by atoms with E-state index in [1.54, 1.807) is 16.8 Å². The molecule has 88 valence electrons. The number of hydrazone groups is 1. The minimum atomic E-state index is 0.0846. The molecule has 2 aliphatic heterocycles. The molecular weight excluding hydrogens is 232 g/mol. The summed E-state index contributed by atoms with van der Waals surface area (Å²) in [5.41, 5.74) is 0.915. The van der Waals surface area contributed by atoms with Crippen molar-refractivity contribution in [3.63, 3.8) is 0 Å². The van der Waals surface area contributed by atoms with Gasteiger partial charge in [-0.15, -0.1) is 11.8 Å². The number of hydrogen-bond donors (Lipinski definition) is 0. The lowest BCUT2D eigenvalue weighted by atomic mass is 9.82. The Hall–Kier alpha value is -1.29. The smallest absolute Gasteiger partial charge is 0.251 e. The summed E-state index contributed by atoms with van der Waals surface area (Å²) in [5.74, 6) is 1.44. The van der Waals surface area contributed by atoms with E-state index in [0.29, 0.717) is 5.92 Å². The minimum Gasteiger partial charge on any atom is -0.272 e. The first-order valence-corrected chi connectivity index (χ1v) is 6.92. The number of fused-ring (bicyclic) bond motifs is 1. The van der Waals surface area contributed by atoms with Crippen molar-refractivity contribution in [2.45, 2.75) is 12.8 Å². The number of carbonyl (C=O) groups is 1. The highest BCUT2D eigenvalue weighted by molar-refractivity contribution is 8.02. The third-order valence-electron chi connectivity index (χ3n) is 3.35. The normalized spacial score (nSPS) is 31.4. The van der Waals surface area contributed by atoms with Crippen molar-refractivity contribution >= 4 is 23.9 Å².